The lowest BCUT2D eigenvalue weighted by Crippen LogP contribution is -2.48. The number of carbonyl (C=O) groups excluding carboxylic acids is 2. The van der Waals surface area contributed by atoms with Crippen LogP contribution >= 0.6 is 0 Å². The predicted molar refractivity (Wildman–Crippen MR) is 87.7 cm³/mol. The summed E-state index contributed by atoms with van der Waals surface area (Å²) in [5, 5.41) is 0. The van der Waals surface area contributed by atoms with Gasteiger partial charge in [0.15, 0.2) is 11.7 Å². The van der Waals surface area contributed by atoms with E-state index in [1.165, 1.54) is 0 Å². The Morgan fingerprint density at radius 3 is 2.58 bits per heavy atom. The summed E-state index contributed by atoms with van der Waals surface area (Å²) in [5.41, 5.74) is 0.849. The van der Waals surface area contributed by atoms with E-state index in [0.29, 0.717) is 6.42 Å². The highest BCUT2D eigenvalue weighted by atomic mass is 16.6. The average Bonchev–Trinajstić information content (AvgIpc) is 2.92. The second-order valence-electron chi connectivity index (χ2n) is 6.44. The Morgan fingerprint density at radius 1 is 1.12 bits per heavy atom. The Kier molecular flexibility index (Phi) is 3.41. The number of hydrogen-bond acceptors (Lipinski definition) is 4. The molecule has 2 aromatic rings. The van der Waals surface area contributed by atoms with Gasteiger partial charge in [0.05, 0.1) is 6.42 Å². The molecule has 0 saturated carbocycles. The number of carbonyl (C=O) groups is 2. The van der Waals surface area contributed by atoms with E-state index in [1.807, 2.05) is 54.6 Å². The molecule has 4 rings (SSSR count). The van der Waals surface area contributed by atoms with Crippen LogP contribution in [0.1, 0.15) is 36.8 Å². The van der Waals surface area contributed by atoms with E-state index in [-0.39, 0.29) is 24.1 Å². The van der Waals surface area contributed by atoms with Gasteiger partial charge in [0.2, 0.25) is 0 Å². The predicted octanol–water partition coefficient (Wildman–Crippen LogP) is 3.35. The molecule has 4 heteroatoms. The van der Waals surface area contributed by atoms with Crippen LogP contribution in [-0.2, 0) is 19.9 Å². The van der Waals surface area contributed by atoms with Crippen molar-refractivity contribution < 1.29 is 19.1 Å². The lowest BCUT2D eigenvalue weighted by atomic mass is 9.70. The molecule has 2 aliphatic rings. The standard InChI is InChI=1S/C20H18O4/c1-13(21)11-16-15-9-5-6-10-17(15)23-18-12-19(22)24-20(16,18)14-7-3-2-4-8-14/h2-10,16,18H,11-12H2,1H3/t16-,18-,20-/m1/s1. The van der Waals surface area contributed by atoms with Crippen LogP contribution in [0.3, 0.4) is 0 Å². The van der Waals surface area contributed by atoms with Crippen LogP contribution in [0.2, 0.25) is 0 Å². The fourth-order valence-corrected chi connectivity index (χ4v) is 3.98. The van der Waals surface area contributed by atoms with E-state index in [1.54, 1.807) is 6.92 Å². The quantitative estimate of drug-likeness (QED) is 0.813. The highest BCUT2D eigenvalue weighted by Gasteiger charge is 2.60. The van der Waals surface area contributed by atoms with Gasteiger partial charge in [-0.05, 0) is 18.6 Å². The lowest BCUT2D eigenvalue weighted by Gasteiger charge is -2.44. The molecule has 3 atom stereocenters. The Morgan fingerprint density at radius 2 is 1.83 bits per heavy atom. The molecule has 1 saturated heterocycles. The van der Waals surface area contributed by atoms with Crippen molar-refractivity contribution in [1.29, 1.82) is 0 Å². The summed E-state index contributed by atoms with van der Waals surface area (Å²) in [7, 11) is 0. The first-order valence-corrected chi connectivity index (χ1v) is 8.13. The molecule has 0 aliphatic carbocycles. The number of esters is 1. The molecule has 2 aliphatic heterocycles. The first kappa shape index (κ1) is 14.9. The van der Waals surface area contributed by atoms with Crippen LogP contribution in [0.15, 0.2) is 54.6 Å². The molecule has 0 spiro atoms. The number of ether oxygens (including phenoxy) is 2. The molecule has 0 bridgehead atoms. The number of hydrogen-bond donors (Lipinski definition) is 0. The van der Waals surface area contributed by atoms with Crippen LogP contribution in [0, 0.1) is 0 Å². The maximum Gasteiger partial charge on any atom is 0.310 e. The van der Waals surface area contributed by atoms with Gasteiger partial charge in [-0.25, -0.2) is 0 Å². The third kappa shape index (κ3) is 2.13. The Bertz CT molecular complexity index is 798. The van der Waals surface area contributed by atoms with Crippen LogP contribution < -0.4 is 4.74 Å². The van der Waals surface area contributed by atoms with E-state index in [9.17, 15) is 9.59 Å². The first-order valence-electron chi connectivity index (χ1n) is 8.13. The van der Waals surface area contributed by atoms with Gasteiger partial charge in [0, 0.05) is 17.9 Å². The average molecular weight is 322 g/mol. The van der Waals surface area contributed by atoms with Gasteiger partial charge in [0.1, 0.15) is 11.5 Å². The minimum absolute atomic E-state index is 0.0636. The summed E-state index contributed by atoms with van der Waals surface area (Å²) in [6, 6.07) is 17.3. The second-order valence-corrected chi connectivity index (χ2v) is 6.44. The molecule has 0 amide bonds. The van der Waals surface area contributed by atoms with Gasteiger partial charge < -0.3 is 14.3 Å². The van der Waals surface area contributed by atoms with E-state index in [0.717, 1.165) is 16.9 Å². The topological polar surface area (TPSA) is 52.6 Å². The molecule has 24 heavy (non-hydrogen) atoms. The molecule has 2 heterocycles. The fraction of sp³-hybridized carbons (Fsp3) is 0.300. The zero-order valence-corrected chi connectivity index (χ0v) is 13.4. The smallest absolute Gasteiger partial charge is 0.310 e. The van der Waals surface area contributed by atoms with Gasteiger partial charge in [-0.15, -0.1) is 0 Å². The normalized spacial score (nSPS) is 27.6. The molecule has 122 valence electrons. The molecule has 4 nitrogen and oxygen atoms in total. The van der Waals surface area contributed by atoms with Gasteiger partial charge in [0.25, 0.3) is 0 Å². The number of fused-ring (bicyclic) bond motifs is 2. The van der Waals surface area contributed by atoms with Crippen LogP contribution in [0.25, 0.3) is 0 Å². The number of ketones is 1. The zero-order valence-electron chi connectivity index (χ0n) is 13.4. The SMILES string of the molecule is CC(=O)C[C@@H]1c2ccccc2O[C@@H]2CC(=O)O[C@]12c1ccccc1. The maximum atomic E-state index is 12.2. The van der Waals surface area contributed by atoms with Crippen molar-refractivity contribution in [1.82, 2.24) is 0 Å². The van der Waals surface area contributed by atoms with Crippen molar-refractivity contribution in [2.24, 2.45) is 0 Å². The van der Waals surface area contributed by atoms with Gasteiger partial charge >= 0.3 is 5.97 Å². The summed E-state index contributed by atoms with van der Waals surface area (Å²) >= 11 is 0. The van der Waals surface area contributed by atoms with Crippen LogP contribution in [-0.4, -0.2) is 17.9 Å². The summed E-state index contributed by atoms with van der Waals surface area (Å²) < 4.78 is 12.0. The summed E-state index contributed by atoms with van der Waals surface area (Å²) in [5.74, 6) is 0.260. The van der Waals surface area contributed by atoms with E-state index < -0.39 is 11.7 Å². The minimum Gasteiger partial charge on any atom is -0.485 e. The largest absolute Gasteiger partial charge is 0.485 e. The van der Waals surface area contributed by atoms with E-state index >= 15 is 0 Å². The maximum absolute atomic E-state index is 12.2. The molecular weight excluding hydrogens is 304 g/mol. The Balaban J connectivity index is 1.95. The monoisotopic (exact) mass is 322 g/mol. The highest BCUT2D eigenvalue weighted by molar-refractivity contribution is 5.79. The van der Waals surface area contributed by atoms with E-state index in [4.69, 9.17) is 9.47 Å². The number of para-hydroxylation sites is 1. The third-order valence-electron chi connectivity index (χ3n) is 4.91. The van der Waals surface area contributed by atoms with Gasteiger partial charge in [-0.2, -0.15) is 0 Å². The summed E-state index contributed by atoms with van der Waals surface area (Å²) in [4.78, 5) is 24.2. The van der Waals surface area contributed by atoms with Crippen LogP contribution in [0.5, 0.6) is 5.75 Å². The Labute approximate surface area is 140 Å². The molecule has 1 fully saturated rings. The number of benzene rings is 2. The van der Waals surface area contributed by atoms with Crippen molar-refractivity contribution in [2.75, 3.05) is 0 Å². The van der Waals surface area contributed by atoms with Gasteiger partial charge in [-0.3, -0.25) is 4.79 Å². The third-order valence-corrected chi connectivity index (χ3v) is 4.91. The zero-order chi connectivity index (χ0) is 16.7. The number of rotatable bonds is 3. The molecule has 0 unspecified atom stereocenters. The molecule has 0 aromatic heterocycles. The second kappa shape index (κ2) is 5.48. The fourth-order valence-electron chi connectivity index (χ4n) is 3.98. The van der Waals surface area contributed by atoms with Crippen molar-refractivity contribution in [2.45, 2.75) is 37.4 Å². The van der Waals surface area contributed by atoms with Crippen LogP contribution in [0.4, 0.5) is 0 Å². The summed E-state index contributed by atoms with van der Waals surface area (Å²) in [6.07, 6.45) is 0.0723. The van der Waals surface area contributed by atoms with Crippen molar-refractivity contribution in [3.05, 3.63) is 65.7 Å². The highest BCUT2D eigenvalue weighted by Crippen LogP contribution is 2.55. The molecule has 2 aromatic carbocycles. The lowest BCUT2D eigenvalue weighted by molar-refractivity contribution is -0.157. The summed E-state index contributed by atoms with van der Waals surface area (Å²) in [6.45, 7) is 1.57. The Hall–Kier alpha value is -2.62. The van der Waals surface area contributed by atoms with Crippen molar-refractivity contribution in [3.63, 3.8) is 0 Å². The van der Waals surface area contributed by atoms with Gasteiger partial charge in [-0.1, -0.05) is 48.5 Å². The molecule has 0 radical (unpaired) electrons. The van der Waals surface area contributed by atoms with Crippen molar-refractivity contribution in [3.8, 4) is 5.75 Å². The van der Waals surface area contributed by atoms with E-state index in [2.05, 4.69) is 0 Å². The van der Waals surface area contributed by atoms with Crippen molar-refractivity contribution >= 4 is 11.8 Å². The molecule has 0 N–H and O–H groups in total. The minimum atomic E-state index is -0.946. The first-order chi connectivity index (χ1) is 11.6. The number of Topliss-reactive ketones (excluding diaryl/α,β-unsaturated/α-hetero) is 1. The molecular formula is C20H18O4.